The molecule has 4 fully saturated rings. The summed E-state index contributed by atoms with van der Waals surface area (Å²) in [7, 11) is 0. The van der Waals surface area contributed by atoms with Gasteiger partial charge in [-0.3, -0.25) is 9.69 Å². The first kappa shape index (κ1) is 21.6. The van der Waals surface area contributed by atoms with Gasteiger partial charge in [-0.15, -0.1) is 0 Å². The van der Waals surface area contributed by atoms with Gasteiger partial charge in [0.15, 0.2) is 0 Å². The molecular formula is C23H32F3N3O. The lowest BCUT2D eigenvalue weighted by atomic mass is 9.75. The number of likely N-dealkylation sites (tertiary alicyclic amines) is 1. The van der Waals surface area contributed by atoms with Crippen LogP contribution in [0.4, 0.5) is 13.2 Å². The Kier molecular flexibility index (Phi) is 6.39. The first-order valence-electron chi connectivity index (χ1n) is 11.2. The Hall–Kier alpha value is -1.60. The van der Waals surface area contributed by atoms with Gasteiger partial charge in [-0.1, -0.05) is 6.92 Å². The van der Waals surface area contributed by atoms with Gasteiger partial charge in [0.25, 0.3) is 5.91 Å². The second-order valence-electron chi connectivity index (χ2n) is 9.46. The molecule has 5 rings (SSSR count). The van der Waals surface area contributed by atoms with Crippen LogP contribution in [-0.2, 0) is 6.18 Å². The van der Waals surface area contributed by atoms with E-state index in [-0.39, 0.29) is 11.5 Å². The summed E-state index contributed by atoms with van der Waals surface area (Å²) in [6, 6.07) is 4.77. The van der Waals surface area contributed by atoms with E-state index in [1.807, 2.05) is 0 Å². The molecule has 4 heterocycles. The number of nitrogens with one attached hydrogen (secondary N) is 1. The predicted molar refractivity (Wildman–Crippen MR) is 110 cm³/mol. The van der Waals surface area contributed by atoms with Gasteiger partial charge < -0.3 is 10.2 Å². The maximum absolute atomic E-state index is 12.7. The molecule has 1 N–H and O–H groups in total. The number of rotatable bonds is 5. The van der Waals surface area contributed by atoms with Gasteiger partial charge in [0.05, 0.1) is 5.56 Å². The van der Waals surface area contributed by atoms with Crippen LogP contribution < -0.4 is 5.32 Å². The molecule has 0 spiro atoms. The molecule has 1 amide bonds. The minimum absolute atomic E-state index is 0.274. The maximum atomic E-state index is 12.7. The summed E-state index contributed by atoms with van der Waals surface area (Å²) in [6.45, 7) is 8.71. The Labute approximate surface area is 176 Å². The molecule has 2 bridgehead atoms. The van der Waals surface area contributed by atoms with Gasteiger partial charge in [0.2, 0.25) is 0 Å². The fourth-order valence-electron chi connectivity index (χ4n) is 5.37. The van der Waals surface area contributed by atoms with Crippen molar-refractivity contribution < 1.29 is 18.0 Å². The molecule has 0 radical (unpaired) electrons. The Balaban J connectivity index is 1.26. The standard InChI is InChI=1S/C23H32F3N3O/c1-16-6-9-28(10-7-16)14-19-15-29-11-8-18(19)12-21(29)13-27-22(30)17-2-4-20(5-3-17)23(24,25)26/h2-5,16,18-19,21H,6-15H2,1H3,(H,27,30)/t18-,19-,21+/m0/s1. The molecule has 7 heteroatoms. The lowest BCUT2D eigenvalue weighted by Crippen LogP contribution is -2.58. The highest BCUT2D eigenvalue weighted by molar-refractivity contribution is 5.94. The van der Waals surface area contributed by atoms with Crippen LogP contribution in [0.25, 0.3) is 0 Å². The predicted octanol–water partition coefficient (Wildman–Crippen LogP) is 3.88. The highest BCUT2D eigenvalue weighted by Crippen LogP contribution is 2.37. The van der Waals surface area contributed by atoms with E-state index < -0.39 is 11.7 Å². The fraction of sp³-hybridized carbons (Fsp3) is 0.696. The quantitative estimate of drug-likeness (QED) is 0.781. The minimum Gasteiger partial charge on any atom is -0.350 e. The average molecular weight is 424 g/mol. The number of halogens is 3. The Morgan fingerprint density at radius 1 is 1.10 bits per heavy atom. The van der Waals surface area contributed by atoms with Crippen LogP contribution in [0.3, 0.4) is 0 Å². The van der Waals surface area contributed by atoms with Crippen molar-refractivity contribution in [3.63, 3.8) is 0 Å². The molecule has 0 saturated carbocycles. The molecule has 30 heavy (non-hydrogen) atoms. The second-order valence-corrected chi connectivity index (χ2v) is 9.46. The summed E-state index contributed by atoms with van der Waals surface area (Å²) >= 11 is 0. The highest BCUT2D eigenvalue weighted by Gasteiger charge is 2.40. The van der Waals surface area contributed by atoms with Crippen molar-refractivity contribution in [2.24, 2.45) is 17.8 Å². The Morgan fingerprint density at radius 3 is 2.40 bits per heavy atom. The van der Waals surface area contributed by atoms with Crippen LogP contribution in [0.1, 0.15) is 48.5 Å². The highest BCUT2D eigenvalue weighted by atomic mass is 19.4. The van der Waals surface area contributed by atoms with Gasteiger partial charge in [-0.2, -0.15) is 13.2 Å². The molecule has 4 nitrogen and oxygen atoms in total. The molecule has 4 aliphatic rings. The number of carbonyl (C=O) groups excluding carboxylic acids is 1. The van der Waals surface area contributed by atoms with Gasteiger partial charge in [-0.05, 0) is 87.3 Å². The molecule has 4 atom stereocenters. The van der Waals surface area contributed by atoms with E-state index >= 15 is 0 Å². The normalized spacial score (nSPS) is 30.4. The second kappa shape index (κ2) is 8.87. The molecular weight excluding hydrogens is 391 g/mol. The largest absolute Gasteiger partial charge is 0.416 e. The third-order valence-corrected chi connectivity index (χ3v) is 7.36. The van der Waals surface area contributed by atoms with Gasteiger partial charge in [0, 0.05) is 31.2 Å². The first-order valence-corrected chi connectivity index (χ1v) is 11.2. The molecule has 0 aromatic heterocycles. The summed E-state index contributed by atoms with van der Waals surface area (Å²) in [5.41, 5.74) is -0.458. The van der Waals surface area contributed by atoms with E-state index in [4.69, 9.17) is 0 Å². The van der Waals surface area contributed by atoms with Crippen molar-refractivity contribution in [1.82, 2.24) is 15.1 Å². The van der Waals surface area contributed by atoms with Crippen LogP contribution in [0.15, 0.2) is 24.3 Å². The van der Waals surface area contributed by atoms with Gasteiger partial charge in [-0.25, -0.2) is 0 Å². The molecule has 0 aliphatic carbocycles. The van der Waals surface area contributed by atoms with E-state index in [9.17, 15) is 18.0 Å². The van der Waals surface area contributed by atoms with Crippen molar-refractivity contribution in [2.45, 2.75) is 44.8 Å². The number of fused-ring (bicyclic) bond motifs is 3. The summed E-state index contributed by atoms with van der Waals surface area (Å²) < 4.78 is 38.1. The number of nitrogens with zero attached hydrogens (tertiary/aromatic N) is 2. The van der Waals surface area contributed by atoms with Crippen LogP contribution in [-0.4, -0.2) is 61.0 Å². The summed E-state index contributed by atoms with van der Waals surface area (Å²) in [5.74, 6) is 1.98. The van der Waals surface area contributed by atoms with Crippen LogP contribution in [0.2, 0.25) is 0 Å². The van der Waals surface area contributed by atoms with Crippen LogP contribution in [0.5, 0.6) is 0 Å². The maximum Gasteiger partial charge on any atom is 0.416 e. The number of carbonyl (C=O) groups is 1. The van der Waals surface area contributed by atoms with Crippen molar-refractivity contribution >= 4 is 5.91 Å². The molecule has 1 unspecified atom stereocenters. The monoisotopic (exact) mass is 423 g/mol. The topological polar surface area (TPSA) is 35.6 Å². The van der Waals surface area contributed by atoms with E-state index in [2.05, 4.69) is 22.0 Å². The molecule has 166 valence electrons. The van der Waals surface area contributed by atoms with Gasteiger partial charge in [0.1, 0.15) is 0 Å². The smallest absolute Gasteiger partial charge is 0.350 e. The zero-order chi connectivity index (χ0) is 21.3. The van der Waals surface area contributed by atoms with Crippen LogP contribution in [0, 0.1) is 17.8 Å². The van der Waals surface area contributed by atoms with E-state index in [0.717, 1.165) is 37.6 Å². The van der Waals surface area contributed by atoms with Crippen LogP contribution >= 0.6 is 0 Å². The Morgan fingerprint density at radius 2 is 1.80 bits per heavy atom. The number of amides is 1. The number of hydrogen-bond acceptors (Lipinski definition) is 3. The lowest BCUT2D eigenvalue weighted by molar-refractivity contribution is -0.137. The molecule has 4 aliphatic heterocycles. The first-order chi connectivity index (χ1) is 14.3. The van der Waals surface area contributed by atoms with E-state index in [0.29, 0.717) is 24.4 Å². The van der Waals surface area contributed by atoms with E-state index in [1.165, 1.54) is 51.0 Å². The molecule has 1 aromatic rings. The van der Waals surface area contributed by atoms with E-state index in [1.54, 1.807) is 0 Å². The van der Waals surface area contributed by atoms with Crippen molar-refractivity contribution in [1.29, 1.82) is 0 Å². The number of alkyl halides is 3. The Bertz CT molecular complexity index is 728. The summed E-state index contributed by atoms with van der Waals surface area (Å²) in [6.07, 6.45) is 0.562. The summed E-state index contributed by atoms with van der Waals surface area (Å²) in [5, 5.41) is 2.94. The zero-order valence-corrected chi connectivity index (χ0v) is 17.6. The third kappa shape index (κ3) is 4.99. The van der Waals surface area contributed by atoms with Crippen molar-refractivity contribution in [2.75, 3.05) is 39.3 Å². The van der Waals surface area contributed by atoms with Gasteiger partial charge >= 0.3 is 6.18 Å². The molecule has 4 saturated heterocycles. The number of hydrogen-bond donors (Lipinski definition) is 1. The number of piperidine rings is 4. The fourth-order valence-corrected chi connectivity index (χ4v) is 5.37. The zero-order valence-electron chi connectivity index (χ0n) is 17.6. The summed E-state index contributed by atoms with van der Waals surface area (Å²) in [4.78, 5) is 17.5. The third-order valence-electron chi connectivity index (χ3n) is 7.36. The molecule has 1 aromatic carbocycles. The number of benzene rings is 1. The SMILES string of the molecule is CC1CCN(C[C@H]2CN3CC[C@H]2C[C@@H]3CNC(=O)c2ccc(C(F)(F)F)cc2)CC1. The van der Waals surface area contributed by atoms with Crippen molar-refractivity contribution in [3.05, 3.63) is 35.4 Å². The van der Waals surface area contributed by atoms with Crippen molar-refractivity contribution in [3.8, 4) is 0 Å². The average Bonchev–Trinajstić information content (AvgIpc) is 2.74. The lowest BCUT2D eigenvalue weighted by Gasteiger charge is -2.51. The minimum atomic E-state index is -4.38.